The molecule has 0 bridgehead atoms. The molecule has 0 unspecified atom stereocenters. The highest BCUT2D eigenvalue weighted by atomic mass is 32.1. The second kappa shape index (κ2) is 4.33. The quantitative estimate of drug-likeness (QED) is 0.682. The smallest absolute Gasteiger partial charge is 0.231 e. The largest absolute Gasteiger partial charge is 0.454 e. The van der Waals surface area contributed by atoms with Crippen LogP contribution in [-0.2, 0) is 0 Å². The van der Waals surface area contributed by atoms with Gasteiger partial charge in [-0.2, -0.15) is 0 Å². The van der Waals surface area contributed by atoms with Crippen LogP contribution in [0.15, 0.2) is 18.2 Å². The number of fused-ring (bicyclic) bond motifs is 2. The van der Waals surface area contributed by atoms with Crippen LogP contribution in [0.25, 0.3) is 16.2 Å². The molecular weight excluding hydrogens is 288 g/mol. The van der Waals surface area contributed by atoms with E-state index in [0.717, 1.165) is 33.1 Å². The average molecular weight is 300 g/mol. The first-order valence-electron chi connectivity index (χ1n) is 6.52. The number of hydrogen-bond donors (Lipinski definition) is 0. The molecule has 0 radical (unpaired) electrons. The SMILES string of the molecule is Cc1sc2nc(-c3ccc4c(c3)OCO4)c(C=O)n2c1C. The molecule has 0 spiro atoms. The number of rotatable bonds is 2. The molecule has 3 aromatic rings. The van der Waals surface area contributed by atoms with Gasteiger partial charge in [0, 0.05) is 16.1 Å². The third kappa shape index (κ3) is 1.69. The maximum atomic E-state index is 11.6. The van der Waals surface area contributed by atoms with Crippen molar-refractivity contribution < 1.29 is 14.3 Å². The van der Waals surface area contributed by atoms with Gasteiger partial charge in [0.2, 0.25) is 6.79 Å². The van der Waals surface area contributed by atoms with Crippen molar-refractivity contribution in [3.8, 4) is 22.8 Å². The number of imidazole rings is 1. The molecule has 0 N–H and O–H groups in total. The zero-order valence-electron chi connectivity index (χ0n) is 11.5. The third-order valence-corrected chi connectivity index (χ3v) is 4.79. The molecule has 0 saturated heterocycles. The minimum absolute atomic E-state index is 0.232. The highest BCUT2D eigenvalue weighted by Gasteiger charge is 2.20. The Kier molecular flexibility index (Phi) is 2.56. The van der Waals surface area contributed by atoms with Crippen molar-refractivity contribution in [1.29, 1.82) is 0 Å². The number of benzene rings is 1. The van der Waals surface area contributed by atoms with Crippen molar-refractivity contribution in [2.45, 2.75) is 13.8 Å². The van der Waals surface area contributed by atoms with Gasteiger partial charge in [0.1, 0.15) is 11.4 Å². The van der Waals surface area contributed by atoms with Crippen LogP contribution in [0.5, 0.6) is 11.5 Å². The van der Waals surface area contributed by atoms with E-state index < -0.39 is 0 Å². The van der Waals surface area contributed by atoms with Crippen molar-refractivity contribution in [3.05, 3.63) is 34.5 Å². The van der Waals surface area contributed by atoms with Gasteiger partial charge in [-0.25, -0.2) is 4.98 Å². The summed E-state index contributed by atoms with van der Waals surface area (Å²) >= 11 is 1.59. The van der Waals surface area contributed by atoms with Crippen LogP contribution < -0.4 is 9.47 Å². The monoisotopic (exact) mass is 300 g/mol. The molecule has 2 aromatic heterocycles. The number of ether oxygens (including phenoxy) is 2. The second-order valence-corrected chi connectivity index (χ2v) is 6.07. The molecule has 0 aliphatic carbocycles. The summed E-state index contributed by atoms with van der Waals surface area (Å²) in [6, 6.07) is 5.61. The second-order valence-electron chi connectivity index (χ2n) is 4.89. The lowest BCUT2D eigenvalue weighted by Crippen LogP contribution is -1.94. The normalized spacial score (nSPS) is 13.0. The van der Waals surface area contributed by atoms with Crippen molar-refractivity contribution in [2.75, 3.05) is 6.79 Å². The van der Waals surface area contributed by atoms with E-state index in [0.29, 0.717) is 17.1 Å². The zero-order chi connectivity index (χ0) is 14.6. The molecule has 0 amide bonds. The molecular formula is C15H12N2O3S. The van der Waals surface area contributed by atoms with Crippen LogP contribution in [0.4, 0.5) is 0 Å². The summed E-state index contributed by atoms with van der Waals surface area (Å²) in [5.74, 6) is 1.41. The molecule has 0 saturated carbocycles. The van der Waals surface area contributed by atoms with E-state index >= 15 is 0 Å². The van der Waals surface area contributed by atoms with Gasteiger partial charge in [0.15, 0.2) is 22.7 Å². The van der Waals surface area contributed by atoms with Gasteiger partial charge in [-0.3, -0.25) is 9.20 Å². The lowest BCUT2D eigenvalue weighted by atomic mass is 10.1. The number of hydrogen-bond acceptors (Lipinski definition) is 5. The molecule has 4 rings (SSSR count). The summed E-state index contributed by atoms with van der Waals surface area (Å²) in [7, 11) is 0. The number of aromatic nitrogens is 2. The van der Waals surface area contributed by atoms with E-state index in [1.165, 1.54) is 0 Å². The minimum atomic E-state index is 0.232. The first kappa shape index (κ1) is 12.4. The van der Waals surface area contributed by atoms with E-state index in [1.807, 2.05) is 36.4 Å². The Morgan fingerprint density at radius 2 is 2.10 bits per heavy atom. The molecule has 0 atom stereocenters. The van der Waals surface area contributed by atoms with Crippen molar-refractivity contribution >= 4 is 22.6 Å². The summed E-state index contributed by atoms with van der Waals surface area (Å²) in [5, 5.41) is 0. The zero-order valence-corrected chi connectivity index (χ0v) is 12.4. The number of nitrogens with zero attached hydrogens (tertiary/aromatic N) is 2. The predicted molar refractivity (Wildman–Crippen MR) is 79.5 cm³/mol. The summed E-state index contributed by atoms with van der Waals surface area (Å²) in [4.78, 5) is 18.2. The number of carbonyl (C=O) groups is 1. The van der Waals surface area contributed by atoms with Crippen LogP contribution >= 0.6 is 11.3 Å². The molecule has 3 heterocycles. The number of aldehydes is 1. The van der Waals surface area contributed by atoms with Gasteiger partial charge in [-0.1, -0.05) is 0 Å². The van der Waals surface area contributed by atoms with Crippen LogP contribution in [0.3, 0.4) is 0 Å². The maximum Gasteiger partial charge on any atom is 0.231 e. The predicted octanol–water partition coefficient (Wildman–Crippen LogP) is 3.22. The summed E-state index contributed by atoms with van der Waals surface area (Å²) in [6.45, 7) is 4.26. The van der Waals surface area contributed by atoms with Gasteiger partial charge < -0.3 is 9.47 Å². The van der Waals surface area contributed by atoms with E-state index in [1.54, 1.807) is 11.3 Å². The molecule has 0 fully saturated rings. The van der Waals surface area contributed by atoms with Crippen LogP contribution in [0, 0.1) is 13.8 Å². The topological polar surface area (TPSA) is 52.8 Å². The Labute approximate surface area is 124 Å². The molecule has 21 heavy (non-hydrogen) atoms. The molecule has 6 heteroatoms. The van der Waals surface area contributed by atoms with Gasteiger partial charge in [0.25, 0.3) is 0 Å². The molecule has 1 aromatic carbocycles. The molecule has 5 nitrogen and oxygen atoms in total. The summed E-state index contributed by atoms with van der Waals surface area (Å²) < 4.78 is 12.6. The van der Waals surface area contributed by atoms with E-state index in [2.05, 4.69) is 4.98 Å². The molecule has 1 aliphatic heterocycles. The summed E-state index contributed by atoms with van der Waals surface area (Å²) in [5.41, 5.74) is 3.16. The van der Waals surface area contributed by atoms with Crippen LogP contribution in [0.1, 0.15) is 21.1 Å². The third-order valence-electron chi connectivity index (χ3n) is 3.73. The van der Waals surface area contributed by atoms with Gasteiger partial charge in [-0.15, -0.1) is 11.3 Å². The summed E-state index contributed by atoms with van der Waals surface area (Å²) in [6.07, 6.45) is 0.860. The maximum absolute atomic E-state index is 11.6. The highest BCUT2D eigenvalue weighted by Crippen LogP contribution is 2.37. The Balaban J connectivity index is 1.96. The number of aryl methyl sites for hydroxylation is 2. The molecule has 1 aliphatic rings. The van der Waals surface area contributed by atoms with E-state index in [9.17, 15) is 4.79 Å². The van der Waals surface area contributed by atoms with Gasteiger partial charge >= 0.3 is 0 Å². The average Bonchev–Trinajstić information content (AvgIpc) is 3.14. The number of thiazole rings is 1. The Morgan fingerprint density at radius 3 is 2.90 bits per heavy atom. The Bertz CT molecular complexity index is 879. The standard InChI is InChI=1S/C15H12N2O3S/c1-8-9(2)21-15-16-14(11(6-18)17(8)15)10-3-4-12-13(5-10)20-7-19-12/h3-6H,7H2,1-2H3. The van der Waals surface area contributed by atoms with Gasteiger partial charge in [-0.05, 0) is 32.0 Å². The minimum Gasteiger partial charge on any atom is -0.454 e. The van der Waals surface area contributed by atoms with Crippen molar-refractivity contribution in [2.24, 2.45) is 0 Å². The highest BCUT2D eigenvalue weighted by molar-refractivity contribution is 7.17. The Morgan fingerprint density at radius 1 is 1.29 bits per heavy atom. The van der Waals surface area contributed by atoms with Gasteiger partial charge in [0.05, 0.1) is 0 Å². The first-order chi connectivity index (χ1) is 10.2. The van der Waals surface area contributed by atoms with Crippen LogP contribution in [-0.4, -0.2) is 22.5 Å². The van der Waals surface area contributed by atoms with Crippen molar-refractivity contribution in [1.82, 2.24) is 9.38 Å². The van der Waals surface area contributed by atoms with E-state index in [-0.39, 0.29) is 6.79 Å². The number of carbonyl (C=O) groups excluding carboxylic acids is 1. The fourth-order valence-electron chi connectivity index (χ4n) is 2.54. The fourth-order valence-corrected chi connectivity index (χ4v) is 3.51. The van der Waals surface area contributed by atoms with E-state index in [4.69, 9.17) is 9.47 Å². The van der Waals surface area contributed by atoms with Crippen LogP contribution in [0.2, 0.25) is 0 Å². The first-order valence-corrected chi connectivity index (χ1v) is 7.34. The Hall–Kier alpha value is -2.34. The lowest BCUT2D eigenvalue weighted by Gasteiger charge is -2.02. The molecule has 106 valence electrons. The fraction of sp³-hybridized carbons (Fsp3) is 0.200. The van der Waals surface area contributed by atoms with Crippen molar-refractivity contribution in [3.63, 3.8) is 0 Å². The lowest BCUT2D eigenvalue weighted by molar-refractivity contribution is 0.111.